The van der Waals surface area contributed by atoms with E-state index in [-0.39, 0.29) is 6.61 Å². The second-order valence-electron chi connectivity index (χ2n) is 3.84. The van der Waals surface area contributed by atoms with Crippen molar-refractivity contribution in [1.29, 1.82) is 0 Å². The summed E-state index contributed by atoms with van der Waals surface area (Å²) in [6.07, 6.45) is 7.06. The molecule has 0 fully saturated rings. The van der Waals surface area contributed by atoms with Crippen LogP contribution in [0.25, 0.3) is 5.82 Å². The van der Waals surface area contributed by atoms with E-state index >= 15 is 0 Å². The first kappa shape index (κ1) is 11.0. The SMILES string of the molecule is CCCCc1nc(-n2cccc2)c(CO)[nH]1. The molecule has 0 aliphatic rings. The molecular weight excluding hydrogens is 202 g/mol. The Morgan fingerprint density at radius 3 is 2.75 bits per heavy atom. The number of aromatic amines is 1. The molecule has 0 amide bonds. The first-order valence-corrected chi connectivity index (χ1v) is 5.67. The minimum absolute atomic E-state index is 0.00730. The standard InChI is InChI=1S/C12H17N3O/c1-2-3-6-11-13-10(9-16)12(14-11)15-7-4-5-8-15/h4-5,7-8,16H,2-3,6,9H2,1H3,(H,13,14). The van der Waals surface area contributed by atoms with Crippen LogP contribution in [0.4, 0.5) is 0 Å². The Labute approximate surface area is 95.0 Å². The highest BCUT2D eigenvalue weighted by Crippen LogP contribution is 2.13. The molecule has 0 unspecified atom stereocenters. The van der Waals surface area contributed by atoms with Crippen molar-refractivity contribution in [1.82, 2.24) is 14.5 Å². The lowest BCUT2D eigenvalue weighted by atomic mass is 10.2. The zero-order chi connectivity index (χ0) is 11.4. The Morgan fingerprint density at radius 2 is 2.12 bits per heavy atom. The minimum Gasteiger partial charge on any atom is -0.390 e. The summed E-state index contributed by atoms with van der Waals surface area (Å²) in [5.41, 5.74) is 0.780. The molecule has 0 spiro atoms. The highest BCUT2D eigenvalue weighted by atomic mass is 16.3. The zero-order valence-corrected chi connectivity index (χ0v) is 9.48. The molecule has 0 bridgehead atoms. The number of aryl methyl sites for hydroxylation is 1. The molecule has 0 atom stereocenters. The second kappa shape index (κ2) is 4.99. The number of aromatic nitrogens is 3. The Bertz CT molecular complexity index is 431. The third-order valence-electron chi connectivity index (χ3n) is 2.58. The lowest BCUT2D eigenvalue weighted by molar-refractivity contribution is 0.277. The second-order valence-corrected chi connectivity index (χ2v) is 3.84. The first-order chi connectivity index (χ1) is 7.85. The summed E-state index contributed by atoms with van der Waals surface area (Å²) in [5, 5.41) is 9.27. The van der Waals surface area contributed by atoms with Crippen LogP contribution >= 0.6 is 0 Å². The van der Waals surface area contributed by atoms with Gasteiger partial charge in [0.1, 0.15) is 5.82 Å². The number of hydrogen-bond acceptors (Lipinski definition) is 2. The number of aliphatic hydroxyl groups excluding tert-OH is 1. The predicted molar refractivity (Wildman–Crippen MR) is 62.4 cm³/mol. The number of aliphatic hydroxyl groups is 1. The number of rotatable bonds is 5. The number of nitrogens with zero attached hydrogens (tertiary/aromatic N) is 2. The summed E-state index contributed by atoms with van der Waals surface area (Å²) in [6, 6.07) is 3.89. The highest BCUT2D eigenvalue weighted by molar-refractivity contribution is 5.31. The molecule has 4 nitrogen and oxygen atoms in total. The molecule has 0 aliphatic carbocycles. The maximum Gasteiger partial charge on any atom is 0.160 e. The lowest BCUT2D eigenvalue weighted by Gasteiger charge is -1.99. The fourth-order valence-electron chi connectivity index (χ4n) is 1.72. The molecule has 4 heteroatoms. The van der Waals surface area contributed by atoms with Gasteiger partial charge in [-0.05, 0) is 18.6 Å². The molecular formula is C12H17N3O. The first-order valence-electron chi connectivity index (χ1n) is 5.67. The van der Waals surface area contributed by atoms with Gasteiger partial charge in [-0.3, -0.25) is 0 Å². The van der Waals surface area contributed by atoms with Crippen molar-refractivity contribution in [3.8, 4) is 5.82 Å². The van der Waals surface area contributed by atoms with E-state index in [4.69, 9.17) is 0 Å². The molecule has 2 N–H and O–H groups in total. The van der Waals surface area contributed by atoms with E-state index in [1.165, 1.54) is 0 Å². The Balaban J connectivity index is 2.26. The van der Waals surface area contributed by atoms with Crippen LogP contribution < -0.4 is 0 Å². The number of nitrogens with one attached hydrogen (secondary N) is 1. The molecule has 2 aromatic rings. The highest BCUT2D eigenvalue weighted by Gasteiger charge is 2.09. The van der Waals surface area contributed by atoms with Crippen molar-refractivity contribution in [2.45, 2.75) is 32.8 Å². The fourth-order valence-corrected chi connectivity index (χ4v) is 1.72. The third kappa shape index (κ3) is 2.17. The lowest BCUT2D eigenvalue weighted by Crippen LogP contribution is -1.95. The van der Waals surface area contributed by atoms with E-state index in [1.807, 2.05) is 29.1 Å². The van der Waals surface area contributed by atoms with Gasteiger partial charge >= 0.3 is 0 Å². The van der Waals surface area contributed by atoms with Gasteiger partial charge in [0.2, 0.25) is 0 Å². The van der Waals surface area contributed by atoms with Crippen LogP contribution in [-0.4, -0.2) is 19.6 Å². The monoisotopic (exact) mass is 219 g/mol. The van der Waals surface area contributed by atoms with Gasteiger partial charge in [-0.15, -0.1) is 0 Å². The molecule has 0 radical (unpaired) electrons. The minimum atomic E-state index is -0.00730. The Hall–Kier alpha value is -1.55. The average Bonchev–Trinajstić information content (AvgIpc) is 2.94. The van der Waals surface area contributed by atoms with Gasteiger partial charge < -0.3 is 14.7 Å². The molecule has 86 valence electrons. The zero-order valence-electron chi connectivity index (χ0n) is 9.48. The van der Waals surface area contributed by atoms with E-state index in [2.05, 4.69) is 16.9 Å². The molecule has 16 heavy (non-hydrogen) atoms. The summed E-state index contributed by atoms with van der Waals surface area (Å²) >= 11 is 0. The van der Waals surface area contributed by atoms with Crippen molar-refractivity contribution in [2.75, 3.05) is 0 Å². The molecule has 2 aromatic heterocycles. The van der Waals surface area contributed by atoms with E-state index in [0.29, 0.717) is 0 Å². The van der Waals surface area contributed by atoms with Crippen LogP contribution in [0.3, 0.4) is 0 Å². The van der Waals surface area contributed by atoms with Gasteiger partial charge in [0.05, 0.1) is 12.3 Å². The quantitative estimate of drug-likeness (QED) is 0.808. The van der Waals surface area contributed by atoms with E-state index in [9.17, 15) is 5.11 Å². The van der Waals surface area contributed by atoms with Crippen molar-refractivity contribution >= 4 is 0 Å². The molecule has 2 rings (SSSR count). The average molecular weight is 219 g/mol. The number of H-pyrrole nitrogens is 1. The maximum absolute atomic E-state index is 9.27. The normalized spacial score (nSPS) is 10.9. The van der Waals surface area contributed by atoms with Crippen molar-refractivity contribution in [3.63, 3.8) is 0 Å². The van der Waals surface area contributed by atoms with E-state index in [1.54, 1.807) is 0 Å². The van der Waals surface area contributed by atoms with Crippen molar-refractivity contribution in [3.05, 3.63) is 36.0 Å². The Morgan fingerprint density at radius 1 is 1.38 bits per heavy atom. The van der Waals surface area contributed by atoms with Crippen LogP contribution in [-0.2, 0) is 13.0 Å². The summed E-state index contributed by atoms with van der Waals surface area (Å²) < 4.78 is 1.91. The van der Waals surface area contributed by atoms with Gasteiger partial charge in [-0.25, -0.2) is 4.98 Å². The van der Waals surface area contributed by atoms with Crippen LogP contribution in [0.2, 0.25) is 0 Å². The predicted octanol–water partition coefficient (Wildman–Crippen LogP) is 2.04. The number of unbranched alkanes of at least 4 members (excludes halogenated alkanes) is 1. The van der Waals surface area contributed by atoms with Gasteiger partial charge in [0.15, 0.2) is 5.82 Å². The van der Waals surface area contributed by atoms with Crippen molar-refractivity contribution < 1.29 is 5.11 Å². The summed E-state index contributed by atoms with van der Waals surface area (Å²) in [5.74, 6) is 1.76. The van der Waals surface area contributed by atoms with E-state index in [0.717, 1.165) is 36.6 Å². The topological polar surface area (TPSA) is 53.8 Å². The van der Waals surface area contributed by atoms with Crippen LogP contribution in [0, 0.1) is 0 Å². The fraction of sp³-hybridized carbons (Fsp3) is 0.417. The summed E-state index contributed by atoms with van der Waals surface area (Å²) in [4.78, 5) is 7.68. The van der Waals surface area contributed by atoms with Gasteiger partial charge in [-0.2, -0.15) is 0 Å². The van der Waals surface area contributed by atoms with Gasteiger partial charge in [0, 0.05) is 18.8 Å². The summed E-state index contributed by atoms with van der Waals surface area (Å²) in [6.45, 7) is 2.15. The molecule has 0 aliphatic heterocycles. The summed E-state index contributed by atoms with van der Waals surface area (Å²) in [7, 11) is 0. The van der Waals surface area contributed by atoms with Crippen molar-refractivity contribution in [2.24, 2.45) is 0 Å². The van der Waals surface area contributed by atoms with Crippen LogP contribution in [0.5, 0.6) is 0 Å². The van der Waals surface area contributed by atoms with Gasteiger partial charge in [0.25, 0.3) is 0 Å². The molecule has 0 saturated carbocycles. The van der Waals surface area contributed by atoms with Crippen LogP contribution in [0.1, 0.15) is 31.3 Å². The largest absolute Gasteiger partial charge is 0.390 e. The molecule has 0 saturated heterocycles. The maximum atomic E-state index is 9.27. The third-order valence-corrected chi connectivity index (χ3v) is 2.58. The smallest absolute Gasteiger partial charge is 0.160 e. The van der Waals surface area contributed by atoms with Crippen LogP contribution in [0.15, 0.2) is 24.5 Å². The number of hydrogen-bond donors (Lipinski definition) is 2. The van der Waals surface area contributed by atoms with E-state index < -0.39 is 0 Å². The number of imidazole rings is 1. The Kier molecular flexibility index (Phi) is 3.41. The molecule has 0 aromatic carbocycles. The van der Waals surface area contributed by atoms with Gasteiger partial charge in [-0.1, -0.05) is 13.3 Å². The molecule has 2 heterocycles.